The lowest BCUT2D eigenvalue weighted by Crippen LogP contribution is -1.98. The van der Waals surface area contributed by atoms with Gasteiger partial charge in [0, 0.05) is 0 Å². The van der Waals surface area contributed by atoms with Crippen LogP contribution < -0.4 is 0 Å². The first kappa shape index (κ1) is 8.91. The molecule has 0 amide bonds. The van der Waals surface area contributed by atoms with E-state index in [4.69, 9.17) is 9.47 Å². The zero-order valence-electron chi connectivity index (χ0n) is 7.59. The quantitative estimate of drug-likeness (QED) is 0.641. The predicted octanol–water partition coefficient (Wildman–Crippen LogP) is 2.60. The smallest absolute Gasteiger partial charge is 0.231 e. The Morgan fingerprint density at radius 3 is 2.67 bits per heavy atom. The molecule has 1 aliphatic heterocycles. The van der Waals surface area contributed by atoms with Crippen molar-refractivity contribution in [3.05, 3.63) is 36.3 Å². The third kappa shape index (κ3) is 1.52. The minimum atomic E-state index is 0.280. The van der Waals surface area contributed by atoms with Gasteiger partial charge in [-0.05, 0) is 17.6 Å². The third-order valence-corrected chi connectivity index (χ3v) is 1.82. The Morgan fingerprint density at radius 2 is 2.17 bits per heavy atom. The highest BCUT2D eigenvalue weighted by Gasteiger charge is 2.19. The number of hydrogen-bond donors (Lipinski definition) is 0. The van der Waals surface area contributed by atoms with Gasteiger partial charge in [-0.2, -0.15) is 0 Å². The molecule has 0 spiro atoms. The maximum atomic E-state index is 5.27. The Labute approximate surface area is 73.2 Å². The molecule has 0 N–H and O–H groups in total. The van der Waals surface area contributed by atoms with Crippen molar-refractivity contribution >= 4 is 0 Å². The number of rotatable bonds is 3. The van der Waals surface area contributed by atoms with Crippen LogP contribution >= 0.6 is 0 Å². The summed E-state index contributed by atoms with van der Waals surface area (Å²) in [6.07, 6.45) is 1.65. The molecule has 0 unspecified atom stereocenters. The molecule has 1 aliphatic rings. The highest BCUT2D eigenvalue weighted by Crippen LogP contribution is 2.27. The van der Waals surface area contributed by atoms with Crippen molar-refractivity contribution in [1.82, 2.24) is 0 Å². The molecule has 0 atom stereocenters. The van der Waals surface area contributed by atoms with E-state index < -0.39 is 0 Å². The molecule has 0 aromatic carbocycles. The predicted molar refractivity (Wildman–Crippen MR) is 48.2 cm³/mol. The second-order valence-electron chi connectivity index (χ2n) is 2.98. The molecule has 0 bridgehead atoms. The van der Waals surface area contributed by atoms with Crippen molar-refractivity contribution in [2.75, 3.05) is 6.79 Å². The zero-order chi connectivity index (χ0) is 9.14. The van der Waals surface area contributed by atoms with Gasteiger partial charge < -0.3 is 9.47 Å². The molecule has 1 heterocycles. The minimum Gasteiger partial charge on any atom is -0.454 e. The van der Waals surface area contributed by atoms with Crippen LogP contribution in [-0.2, 0) is 9.47 Å². The van der Waals surface area contributed by atoms with Gasteiger partial charge in [0.2, 0.25) is 6.79 Å². The van der Waals surface area contributed by atoms with E-state index >= 15 is 0 Å². The van der Waals surface area contributed by atoms with E-state index in [1.807, 2.05) is 0 Å². The fourth-order valence-corrected chi connectivity index (χ4v) is 0.953. The lowest BCUT2D eigenvalue weighted by atomic mass is 10.0. The van der Waals surface area contributed by atoms with Gasteiger partial charge in [-0.1, -0.05) is 27.0 Å². The van der Waals surface area contributed by atoms with Crippen molar-refractivity contribution in [2.24, 2.45) is 5.92 Å². The Hall–Kier alpha value is -1.18. The molecule has 0 fully saturated rings. The largest absolute Gasteiger partial charge is 0.454 e. The monoisotopic (exact) mass is 166 g/mol. The number of hydrogen-bond acceptors (Lipinski definition) is 2. The normalized spacial score (nSPS) is 15.9. The summed E-state index contributed by atoms with van der Waals surface area (Å²) < 4.78 is 10.4. The van der Waals surface area contributed by atoms with Gasteiger partial charge in [-0.25, -0.2) is 0 Å². The van der Waals surface area contributed by atoms with Gasteiger partial charge in [0.05, 0.1) is 0 Å². The summed E-state index contributed by atoms with van der Waals surface area (Å²) in [4.78, 5) is 0. The first-order chi connectivity index (χ1) is 5.66. The Kier molecular flexibility index (Phi) is 2.58. The fourth-order valence-electron chi connectivity index (χ4n) is 0.953. The summed E-state index contributed by atoms with van der Waals surface area (Å²) in [6, 6.07) is 0. The molecule has 0 aliphatic carbocycles. The van der Waals surface area contributed by atoms with Crippen LogP contribution in [0.1, 0.15) is 13.8 Å². The second-order valence-corrected chi connectivity index (χ2v) is 2.98. The van der Waals surface area contributed by atoms with Gasteiger partial charge in [0.25, 0.3) is 0 Å². The molecule has 2 nitrogen and oxygen atoms in total. The van der Waals surface area contributed by atoms with E-state index in [-0.39, 0.29) is 6.79 Å². The van der Waals surface area contributed by atoms with Crippen molar-refractivity contribution in [3.8, 4) is 0 Å². The van der Waals surface area contributed by atoms with Crippen LogP contribution in [0.2, 0.25) is 0 Å². The summed E-state index contributed by atoms with van der Waals surface area (Å²) >= 11 is 0. The van der Waals surface area contributed by atoms with Crippen LogP contribution in [0.15, 0.2) is 36.3 Å². The van der Waals surface area contributed by atoms with Crippen molar-refractivity contribution in [3.63, 3.8) is 0 Å². The molecule has 66 valence electrons. The van der Waals surface area contributed by atoms with Crippen LogP contribution in [0.3, 0.4) is 0 Å². The average molecular weight is 166 g/mol. The molecule has 0 aromatic heterocycles. The Morgan fingerprint density at radius 1 is 1.50 bits per heavy atom. The van der Waals surface area contributed by atoms with Crippen LogP contribution in [0.5, 0.6) is 0 Å². The molecular formula is C10H14O2. The SMILES string of the molecule is C=CC1=C(C(=C)C(C)C)OCO1. The maximum Gasteiger partial charge on any atom is 0.231 e. The van der Waals surface area contributed by atoms with Crippen molar-refractivity contribution < 1.29 is 9.47 Å². The van der Waals surface area contributed by atoms with E-state index in [1.165, 1.54) is 0 Å². The zero-order valence-corrected chi connectivity index (χ0v) is 7.59. The first-order valence-corrected chi connectivity index (χ1v) is 3.98. The first-order valence-electron chi connectivity index (χ1n) is 3.98. The average Bonchev–Trinajstić information content (AvgIpc) is 2.49. The molecule has 2 heteroatoms. The highest BCUT2D eigenvalue weighted by atomic mass is 16.7. The fraction of sp³-hybridized carbons (Fsp3) is 0.400. The van der Waals surface area contributed by atoms with Crippen LogP contribution in [0.4, 0.5) is 0 Å². The standard InChI is InChI=1S/C10H14O2/c1-5-9-10(12-6-11-9)8(4)7(2)3/h5,7H,1,4,6H2,2-3H3. The molecule has 0 saturated carbocycles. The van der Waals surface area contributed by atoms with E-state index in [0.29, 0.717) is 11.7 Å². The highest BCUT2D eigenvalue weighted by molar-refractivity contribution is 5.32. The molecule has 1 rings (SSSR count). The lowest BCUT2D eigenvalue weighted by molar-refractivity contribution is 0.0759. The van der Waals surface area contributed by atoms with E-state index in [9.17, 15) is 0 Å². The summed E-state index contributed by atoms with van der Waals surface area (Å²) in [5.41, 5.74) is 0.961. The lowest BCUT2D eigenvalue weighted by Gasteiger charge is -2.08. The number of allylic oxidation sites excluding steroid dienone is 2. The molecule has 0 saturated heterocycles. The summed E-state index contributed by atoms with van der Waals surface area (Å²) in [6.45, 7) is 12.0. The van der Waals surface area contributed by atoms with E-state index in [1.54, 1.807) is 6.08 Å². The Balaban J connectivity index is 2.85. The summed E-state index contributed by atoms with van der Waals surface area (Å²) in [5.74, 6) is 1.82. The van der Waals surface area contributed by atoms with Gasteiger partial charge in [0.15, 0.2) is 11.5 Å². The molecule has 12 heavy (non-hydrogen) atoms. The van der Waals surface area contributed by atoms with Gasteiger partial charge >= 0.3 is 0 Å². The minimum absolute atomic E-state index is 0.280. The summed E-state index contributed by atoms with van der Waals surface area (Å²) in [5, 5.41) is 0. The van der Waals surface area contributed by atoms with Crippen LogP contribution in [0, 0.1) is 5.92 Å². The maximum absolute atomic E-state index is 5.27. The molecule has 0 radical (unpaired) electrons. The van der Waals surface area contributed by atoms with Crippen LogP contribution in [0.25, 0.3) is 0 Å². The van der Waals surface area contributed by atoms with Crippen molar-refractivity contribution in [2.45, 2.75) is 13.8 Å². The van der Waals surface area contributed by atoms with Crippen molar-refractivity contribution in [1.29, 1.82) is 0 Å². The van der Waals surface area contributed by atoms with Crippen LogP contribution in [-0.4, -0.2) is 6.79 Å². The van der Waals surface area contributed by atoms with Gasteiger partial charge in [0.1, 0.15) is 0 Å². The van der Waals surface area contributed by atoms with E-state index in [2.05, 4.69) is 27.0 Å². The Bertz CT molecular complexity index is 236. The molecular weight excluding hydrogens is 152 g/mol. The summed E-state index contributed by atoms with van der Waals surface area (Å²) in [7, 11) is 0. The topological polar surface area (TPSA) is 18.5 Å². The number of ether oxygens (including phenoxy) is 2. The van der Waals surface area contributed by atoms with Gasteiger partial charge in [-0.3, -0.25) is 0 Å². The van der Waals surface area contributed by atoms with Gasteiger partial charge in [-0.15, -0.1) is 0 Å². The third-order valence-electron chi connectivity index (χ3n) is 1.82. The second kappa shape index (κ2) is 3.48. The van der Waals surface area contributed by atoms with E-state index in [0.717, 1.165) is 11.3 Å². The molecule has 0 aromatic rings.